The Labute approximate surface area is 136 Å². The van der Waals surface area contributed by atoms with Crippen LogP contribution in [-0.4, -0.2) is 5.78 Å². The van der Waals surface area contributed by atoms with E-state index in [0.717, 1.165) is 23.7 Å². The fraction of sp³-hybridized carbons (Fsp3) is 0.952. The second-order valence-corrected chi connectivity index (χ2v) is 9.69. The van der Waals surface area contributed by atoms with E-state index in [4.69, 9.17) is 0 Å². The van der Waals surface area contributed by atoms with Crippen LogP contribution < -0.4 is 0 Å². The molecule has 7 atom stereocenters. The molecule has 0 radical (unpaired) electrons. The summed E-state index contributed by atoms with van der Waals surface area (Å²) in [5, 5.41) is 0. The van der Waals surface area contributed by atoms with Gasteiger partial charge in [-0.1, -0.05) is 26.7 Å². The molecule has 3 unspecified atom stereocenters. The summed E-state index contributed by atoms with van der Waals surface area (Å²) in [5.41, 5.74) is 0.974. The van der Waals surface area contributed by atoms with Gasteiger partial charge in [0.15, 0.2) is 0 Å². The summed E-state index contributed by atoms with van der Waals surface area (Å²) in [6.45, 7) is 6.97. The van der Waals surface area contributed by atoms with E-state index in [9.17, 15) is 4.79 Å². The van der Waals surface area contributed by atoms with Gasteiger partial charge in [0.05, 0.1) is 0 Å². The van der Waals surface area contributed by atoms with Gasteiger partial charge in [-0.15, -0.1) is 0 Å². The van der Waals surface area contributed by atoms with Gasteiger partial charge in [0.25, 0.3) is 0 Å². The molecule has 1 nitrogen and oxygen atoms in total. The van der Waals surface area contributed by atoms with Gasteiger partial charge in [-0.2, -0.15) is 0 Å². The lowest BCUT2D eigenvalue weighted by Crippen LogP contribution is -2.53. The third-order valence-electron chi connectivity index (χ3n) is 9.07. The van der Waals surface area contributed by atoms with Crippen LogP contribution in [0.4, 0.5) is 0 Å². The Morgan fingerprint density at radius 2 is 1.59 bits per heavy atom. The van der Waals surface area contributed by atoms with Crippen LogP contribution in [0.2, 0.25) is 0 Å². The molecular weight excluding hydrogens is 268 g/mol. The first-order valence-corrected chi connectivity index (χ1v) is 9.97. The summed E-state index contributed by atoms with van der Waals surface area (Å²) in [6, 6.07) is 0. The van der Waals surface area contributed by atoms with E-state index in [2.05, 4.69) is 13.8 Å². The number of carbonyl (C=O) groups excluding carboxylic acids is 1. The molecule has 4 aliphatic rings. The van der Waals surface area contributed by atoms with Crippen molar-refractivity contribution in [3.63, 3.8) is 0 Å². The normalized spacial score (nSPS) is 54.2. The second kappa shape index (κ2) is 5.08. The summed E-state index contributed by atoms with van der Waals surface area (Å²) in [5.74, 6) is 4.60. The number of hydrogen-bond acceptors (Lipinski definition) is 1. The number of rotatable bonds is 1. The highest BCUT2D eigenvalue weighted by atomic mass is 16.1. The molecule has 22 heavy (non-hydrogen) atoms. The Morgan fingerprint density at radius 1 is 0.818 bits per heavy atom. The molecule has 4 saturated carbocycles. The Bertz CT molecular complexity index is 469. The molecule has 4 fully saturated rings. The Kier molecular flexibility index (Phi) is 3.51. The molecule has 0 aromatic carbocycles. The Balaban J connectivity index is 1.63. The number of ketones is 1. The van der Waals surface area contributed by atoms with Crippen LogP contribution >= 0.6 is 0 Å². The molecule has 0 aromatic rings. The van der Waals surface area contributed by atoms with E-state index in [0.29, 0.717) is 22.5 Å². The standard InChI is InChI=1S/C21H34O/c1-14(22)17-9-10-18-16-8-7-15-6-4-5-12-20(15,2)19(16)11-13-21(17,18)3/h15-19H,4-13H2,1-3H3/t15?,16-,17+,18?,19?,20-,21+/m0/s1. The Hall–Kier alpha value is -0.330. The first kappa shape index (κ1) is 15.2. The van der Waals surface area contributed by atoms with E-state index in [1.165, 1.54) is 64.2 Å². The third kappa shape index (κ3) is 1.93. The van der Waals surface area contributed by atoms with Gasteiger partial charge in [0.1, 0.15) is 5.78 Å². The minimum absolute atomic E-state index is 0.338. The summed E-state index contributed by atoms with van der Waals surface area (Å²) in [4.78, 5) is 12.2. The number of carbonyl (C=O) groups is 1. The van der Waals surface area contributed by atoms with Gasteiger partial charge in [-0.25, -0.2) is 0 Å². The van der Waals surface area contributed by atoms with Gasteiger partial charge >= 0.3 is 0 Å². The minimum atomic E-state index is 0.338. The number of Topliss-reactive ketones (excluding diaryl/α,β-unsaturated/α-hetero) is 1. The summed E-state index contributed by atoms with van der Waals surface area (Å²) in [6.07, 6.45) is 14.1. The molecule has 1 heteroatoms. The molecule has 0 bridgehead atoms. The molecule has 0 saturated heterocycles. The van der Waals surface area contributed by atoms with Crippen molar-refractivity contribution in [3.8, 4) is 0 Å². The fourth-order valence-electron chi connectivity index (χ4n) is 7.96. The van der Waals surface area contributed by atoms with Crippen LogP contribution in [0, 0.1) is 40.4 Å². The molecule has 4 aliphatic carbocycles. The lowest BCUT2D eigenvalue weighted by molar-refractivity contribution is -0.133. The maximum absolute atomic E-state index is 12.2. The second-order valence-electron chi connectivity index (χ2n) is 9.69. The van der Waals surface area contributed by atoms with Crippen LogP contribution in [0.1, 0.15) is 85.0 Å². The predicted molar refractivity (Wildman–Crippen MR) is 90.5 cm³/mol. The highest BCUT2D eigenvalue weighted by Gasteiger charge is 2.60. The van der Waals surface area contributed by atoms with Gasteiger partial charge in [-0.3, -0.25) is 4.79 Å². The maximum atomic E-state index is 12.2. The van der Waals surface area contributed by atoms with Crippen molar-refractivity contribution in [3.05, 3.63) is 0 Å². The Morgan fingerprint density at radius 3 is 2.36 bits per heavy atom. The fourth-order valence-corrected chi connectivity index (χ4v) is 7.96. The highest BCUT2D eigenvalue weighted by molar-refractivity contribution is 5.79. The van der Waals surface area contributed by atoms with Crippen molar-refractivity contribution < 1.29 is 4.79 Å². The van der Waals surface area contributed by atoms with Crippen molar-refractivity contribution in [2.45, 2.75) is 85.0 Å². The van der Waals surface area contributed by atoms with Crippen LogP contribution in [0.15, 0.2) is 0 Å². The molecule has 0 amide bonds. The van der Waals surface area contributed by atoms with Crippen LogP contribution in [0.25, 0.3) is 0 Å². The quantitative estimate of drug-likeness (QED) is 0.614. The summed E-state index contributed by atoms with van der Waals surface area (Å²) < 4.78 is 0. The molecule has 0 spiro atoms. The molecule has 0 aliphatic heterocycles. The van der Waals surface area contributed by atoms with Gasteiger partial charge in [0, 0.05) is 5.92 Å². The van der Waals surface area contributed by atoms with Crippen molar-refractivity contribution in [1.29, 1.82) is 0 Å². The van der Waals surface area contributed by atoms with Gasteiger partial charge in [-0.05, 0) is 92.8 Å². The van der Waals surface area contributed by atoms with Crippen molar-refractivity contribution in [2.75, 3.05) is 0 Å². The van der Waals surface area contributed by atoms with Crippen molar-refractivity contribution in [1.82, 2.24) is 0 Å². The third-order valence-corrected chi connectivity index (χ3v) is 9.07. The lowest BCUT2D eigenvalue weighted by Gasteiger charge is -2.60. The van der Waals surface area contributed by atoms with E-state index >= 15 is 0 Å². The zero-order chi connectivity index (χ0) is 15.5. The van der Waals surface area contributed by atoms with Crippen molar-refractivity contribution >= 4 is 5.78 Å². The zero-order valence-electron chi connectivity index (χ0n) is 14.9. The lowest BCUT2D eigenvalue weighted by atomic mass is 9.45. The molecule has 124 valence electrons. The molecule has 0 aromatic heterocycles. The van der Waals surface area contributed by atoms with Gasteiger partial charge in [0.2, 0.25) is 0 Å². The number of hydrogen-bond donors (Lipinski definition) is 0. The monoisotopic (exact) mass is 302 g/mol. The first-order valence-electron chi connectivity index (χ1n) is 9.97. The topological polar surface area (TPSA) is 17.1 Å². The van der Waals surface area contributed by atoms with Gasteiger partial charge < -0.3 is 0 Å². The van der Waals surface area contributed by atoms with Crippen LogP contribution in [-0.2, 0) is 4.79 Å². The maximum Gasteiger partial charge on any atom is 0.133 e. The highest BCUT2D eigenvalue weighted by Crippen LogP contribution is 2.67. The van der Waals surface area contributed by atoms with Crippen LogP contribution in [0.3, 0.4) is 0 Å². The summed E-state index contributed by atoms with van der Waals surface area (Å²) in [7, 11) is 0. The van der Waals surface area contributed by atoms with E-state index < -0.39 is 0 Å². The predicted octanol–water partition coefficient (Wildman–Crippen LogP) is 5.62. The van der Waals surface area contributed by atoms with E-state index in [-0.39, 0.29) is 0 Å². The average Bonchev–Trinajstić information content (AvgIpc) is 2.84. The average molecular weight is 303 g/mol. The smallest absolute Gasteiger partial charge is 0.133 e. The SMILES string of the molecule is CC(=O)[C@H]1CCC2[C@@H]3CCC4CCCC[C@]4(C)C3CC[C@@]21C. The molecular formula is C21H34O. The van der Waals surface area contributed by atoms with E-state index in [1.54, 1.807) is 0 Å². The van der Waals surface area contributed by atoms with Crippen molar-refractivity contribution in [2.24, 2.45) is 40.4 Å². The van der Waals surface area contributed by atoms with Crippen LogP contribution in [0.5, 0.6) is 0 Å². The first-order chi connectivity index (χ1) is 10.5. The molecule has 0 heterocycles. The molecule has 0 N–H and O–H groups in total. The van der Waals surface area contributed by atoms with E-state index in [1.807, 2.05) is 6.92 Å². The largest absolute Gasteiger partial charge is 0.300 e. The molecule has 4 rings (SSSR count). The minimum Gasteiger partial charge on any atom is -0.300 e. The summed E-state index contributed by atoms with van der Waals surface area (Å²) >= 11 is 0. The zero-order valence-corrected chi connectivity index (χ0v) is 14.9. The number of fused-ring (bicyclic) bond motifs is 5.